The lowest BCUT2D eigenvalue weighted by Gasteiger charge is -1.98. The molecular weight excluding hydrogens is 324 g/mol. The van der Waals surface area contributed by atoms with Crippen molar-refractivity contribution in [3.63, 3.8) is 0 Å². The van der Waals surface area contributed by atoms with Crippen LogP contribution in [0.15, 0.2) is 53.9 Å². The summed E-state index contributed by atoms with van der Waals surface area (Å²) in [6, 6.07) is 17.8. The smallest absolute Gasteiger partial charge is 0.134 e. The van der Waals surface area contributed by atoms with Crippen molar-refractivity contribution in [2.45, 2.75) is 6.92 Å². The number of hydrogen-bond donors (Lipinski definition) is 0. The van der Waals surface area contributed by atoms with E-state index in [0.717, 1.165) is 16.8 Å². The number of nitriles is 1. The fraction of sp³-hybridized carbons (Fsp3) is 0.0526. The number of rotatable bonds is 3. The Labute approximate surface area is 144 Å². The second kappa shape index (κ2) is 6.78. The van der Waals surface area contributed by atoms with Crippen LogP contribution in [0.5, 0.6) is 0 Å². The lowest BCUT2D eigenvalue weighted by molar-refractivity contribution is 1.36. The van der Waals surface area contributed by atoms with Gasteiger partial charge >= 0.3 is 0 Å². The zero-order valence-corrected chi connectivity index (χ0v) is 14.0. The third-order valence-electron chi connectivity index (χ3n) is 3.36. The van der Waals surface area contributed by atoms with E-state index in [4.69, 9.17) is 11.6 Å². The summed E-state index contributed by atoms with van der Waals surface area (Å²) in [5.41, 5.74) is 4.58. The average molecular weight is 337 g/mol. The number of aromatic nitrogens is 1. The zero-order valence-electron chi connectivity index (χ0n) is 12.5. The molecule has 2 nitrogen and oxygen atoms in total. The molecule has 3 aromatic rings. The molecular formula is C19H13ClN2S. The van der Waals surface area contributed by atoms with Gasteiger partial charge in [-0.1, -0.05) is 53.6 Å². The van der Waals surface area contributed by atoms with Gasteiger partial charge in [-0.3, -0.25) is 0 Å². The normalized spacial score (nSPS) is 11.3. The van der Waals surface area contributed by atoms with Gasteiger partial charge in [-0.25, -0.2) is 4.98 Å². The molecule has 0 spiro atoms. The summed E-state index contributed by atoms with van der Waals surface area (Å²) in [6.45, 7) is 2.05. The highest BCUT2D eigenvalue weighted by Gasteiger charge is 2.09. The summed E-state index contributed by atoms with van der Waals surface area (Å²) >= 11 is 7.46. The predicted octanol–water partition coefficient (Wildman–Crippen LogP) is 5.84. The van der Waals surface area contributed by atoms with Gasteiger partial charge in [-0.2, -0.15) is 5.26 Å². The molecule has 1 heterocycles. The van der Waals surface area contributed by atoms with Crippen molar-refractivity contribution in [1.82, 2.24) is 4.98 Å². The van der Waals surface area contributed by atoms with Gasteiger partial charge in [0.15, 0.2) is 0 Å². The molecule has 112 valence electrons. The molecule has 0 aliphatic rings. The molecule has 0 N–H and O–H groups in total. The number of hydrogen-bond acceptors (Lipinski definition) is 3. The van der Waals surface area contributed by atoms with E-state index in [1.807, 2.05) is 47.9 Å². The van der Waals surface area contributed by atoms with Gasteiger partial charge < -0.3 is 0 Å². The van der Waals surface area contributed by atoms with Crippen molar-refractivity contribution in [2.75, 3.05) is 0 Å². The maximum absolute atomic E-state index is 9.44. The van der Waals surface area contributed by atoms with Gasteiger partial charge in [0.05, 0.1) is 11.3 Å². The molecule has 1 aromatic heterocycles. The van der Waals surface area contributed by atoms with E-state index in [0.29, 0.717) is 15.6 Å². The van der Waals surface area contributed by atoms with Crippen molar-refractivity contribution in [1.29, 1.82) is 5.26 Å². The van der Waals surface area contributed by atoms with Crippen LogP contribution >= 0.6 is 22.9 Å². The Morgan fingerprint density at radius 2 is 2.00 bits per heavy atom. The summed E-state index contributed by atoms with van der Waals surface area (Å²) in [6.07, 6.45) is 1.81. The number of aryl methyl sites for hydroxylation is 1. The van der Waals surface area contributed by atoms with Crippen LogP contribution in [0.4, 0.5) is 0 Å². The maximum Gasteiger partial charge on any atom is 0.134 e. The van der Waals surface area contributed by atoms with Crippen LogP contribution in [0.1, 0.15) is 16.1 Å². The highest BCUT2D eigenvalue weighted by molar-refractivity contribution is 7.11. The minimum absolute atomic E-state index is 0.538. The first-order chi connectivity index (χ1) is 11.2. The topological polar surface area (TPSA) is 36.7 Å². The summed E-state index contributed by atoms with van der Waals surface area (Å²) in [4.78, 5) is 4.59. The highest BCUT2D eigenvalue weighted by atomic mass is 35.5. The van der Waals surface area contributed by atoms with E-state index in [9.17, 15) is 5.26 Å². The maximum atomic E-state index is 9.44. The molecule has 4 heteroatoms. The monoisotopic (exact) mass is 336 g/mol. The van der Waals surface area contributed by atoms with Crippen molar-refractivity contribution in [2.24, 2.45) is 0 Å². The van der Waals surface area contributed by atoms with Gasteiger partial charge in [-0.05, 0) is 30.7 Å². The zero-order chi connectivity index (χ0) is 16.2. The molecule has 0 atom stereocenters. The van der Waals surface area contributed by atoms with E-state index >= 15 is 0 Å². The van der Waals surface area contributed by atoms with Crippen molar-refractivity contribution < 1.29 is 0 Å². The number of nitrogens with zero attached hydrogens (tertiary/aromatic N) is 2. The minimum Gasteiger partial charge on any atom is -0.235 e. The van der Waals surface area contributed by atoms with Gasteiger partial charge in [0.2, 0.25) is 0 Å². The molecule has 0 saturated heterocycles. The van der Waals surface area contributed by atoms with E-state index < -0.39 is 0 Å². The van der Waals surface area contributed by atoms with Crippen molar-refractivity contribution in [3.05, 3.63) is 75.1 Å². The molecule has 0 bridgehead atoms. The predicted molar refractivity (Wildman–Crippen MR) is 97.2 cm³/mol. The Bertz CT molecular complexity index is 902. The molecule has 0 fully saturated rings. The molecule has 0 amide bonds. The fourth-order valence-electron chi connectivity index (χ4n) is 2.16. The van der Waals surface area contributed by atoms with E-state index in [2.05, 4.69) is 30.1 Å². The Balaban J connectivity index is 1.94. The Kier molecular flexibility index (Phi) is 4.57. The highest BCUT2D eigenvalue weighted by Crippen LogP contribution is 2.27. The van der Waals surface area contributed by atoms with Crippen LogP contribution in [0.25, 0.3) is 22.9 Å². The van der Waals surface area contributed by atoms with Gasteiger partial charge in [0.25, 0.3) is 0 Å². The first-order valence-electron chi connectivity index (χ1n) is 7.06. The number of halogens is 1. The van der Waals surface area contributed by atoms with E-state index in [1.54, 1.807) is 0 Å². The Morgan fingerprint density at radius 3 is 2.70 bits per heavy atom. The van der Waals surface area contributed by atoms with Crippen LogP contribution in [0, 0.1) is 18.3 Å². The first-order valence-corrected chi connectivity index (χ1v) is 8.32. The second-order valence-electron chi connectivity index (χ2n) is 5.13. The molecule has 0 aliphatic carbocycles. The first kappa shape index (κ1) is 15.5. The molecule has 0 unspecified atom stereocenters. The number of thiazole rings is 1. The Morgan fingerprint density at radius 1 is 1.22 bits per heavy atom. The molecule has 0 radical (unpaired) electrons. The second-order valence-corrected chi connectivity index (χ2v) is 6.42. The van der Waals surface area contributed by atoms with Crippen molar-refractivity contribution >= 4 is 34.6 Å². The summed E-state index contributed by atoms with van der Waals surface area (Å²) in [5.74, 6) is 0. The van der Waals surface area contributed by atoms with Crippen LogP contribution < -0.4 is 0 Å². The SMILES string of the molecule is Cc1ccc(-c2csc(C(C#N)=Cc3cccc(Cl)c3)n2)cc1. The summed E-state index contributed by atoms with van der Waals surface area (Å²) < 4.78 is 0. The fourth-order valence-corrected chi connectivity index (χ4v) is 3.15. The summed E-state index contributed by atoms with van der Waals surface area (Å²) in [7, 11) is 0. The van der Waals surface area contributed by atoms with Crippen LogP contribution in [0.3, 0.4) is 0 Å². The molecule has 3 rings (SSSR count). The van der Waals surface area contributed by atoms with E-state index in [1.165, 1.54) is 16.9 Å². The third-order valence-corrected chi connectivity index (χ3v) is 4.47. The molecule has 23 heavy (non-hydrogen) atoms. The molecule has 0 aliphatic heterocycles. The molecule has 2 aromatic carbocycles. The summed E-state index contributed by atoms with van der Waals surface area (Å²) in [5, 5.41) is 12.8. The largest absolute Gasteiger partial charge is 0.235 e. The van der Waals surface area contributed by atoms with E-state index in [-0.39, 0.29) is 0 Å². The Hall–Kier alpha value is -2.41. The molecule has 0 saturated carbocycles. The van der Waals surface area contributed by atoms with Gasteiger partial charge in [-0.15, -0.1) is 11.3 Å². The quantitative estimate of drug-likeness (QED) is 0.564. The van der Waals surface area contributed by atoms with Crippen molar-refractivity contribution in [3.8, 4) is 17.3 Å². The van der Waals surface area contributed by atoms with Gasteiger partial charge in [0, 0.05) is 16.0 Å². The average Bonchev–Trinajstić information content (AvgIpc) is 3.03. The number of allylic oxidation sites excluding steroid dienone is 1. The number of benzene rings is 2. The minimum atomic E-state index is 0.538. The van der Waals surface area contributed by atoms with Crippen LogP contribution in [0.2, 0.25) is 5.02 Å². The lowest BCUT2D eigenvalue weighted by Crippen LogP contribution is -1.83. The standard InChI is InChI=1S/C19H13ClN2S/c1-13-5-7-15(8-6-13)18-12-23-19(22-18)16(11-21)9-14-3-2-4-17(20)10-14/h2-10,12H,1H3. The van der Waals surface area contributed by atoms with Crippen LogP contribution in [-0.2, 0) is 0 Å². The van der Waals surface area contributed by atoms with Crippen LogP contribution in [-0.4, -0.2) is 4.98 Å². The lowest BCUT2D eigenvalue weighted by atomic mass is 10.1. The third kappa shape index (κ3) is 3.68. The van der Waals surface area contributed by atoms with Gasteiger partial charge in [0.1, 0.15) is 11.1 Å².